The van der Waals surface area contributed by atoms with Crippen molar-refractivity contribution in [2.45, 2.75) is 26.7 Å². The third-order valence-corrected chi connectivity index (χ3v) is 5.16. The molecule has 5 nitrogen and oxygen atoms in total. The van der Waals surface area contributed by atoms with Crippen LogP contribution in [-0.2, 0) is 0 Å². The zero-order valence-corrected chi connectivity index (χ0v) is 16.4. The summed E-state index contributed by atoms with van der Waals surface area (Å²) in [5, 5.41) is 10.4. The highest BCUT2D eigenvalue weighted by molar-refractivity contribution is 7.12. The van der Waals surface area contributed by atoms with Gasteiger partial charge >= 0.3 is 0 Å². The maximum atomic E-state index is 5.84. The first-order valence-corrected chi connectivity index (χ1v) is 9.71. The zero-order chi connectivity index (χ0) is 19.2. The van der Waals surface area contributed by atoms with E-state index in [1.165, 1.54) is 0 Å². The molecule has 0 fully saturated rings. The van der Waals surface area contributed by atoms with E-state index in [9.17, 15) is 0 Å². The highest BCUT2D eigenvalue weighted by Crippen LogP contribution is 2.22. The Kier molecular flexibility index (Phi) is 6.08. The van der Waals surface area contributed by atoms with E-state index >= 15 is 0 Å². The minimum atomic E-state index is 0.205. The van der Waals surface area contributed by atoms with Crippen LogP contribution in [0.1, 0.15) is 42.8 Å². The maximum absolute atomic E-state index is 5.84. The van der Waals surface area contributed by atoms with Gasteiger partial charge in [-0.1, -0.05) is 37.8 Å². The van der Waals surface area contributed by atoms with Crippen molar-refractivity contribution in [2.24, 2.45) is 26.8 Å². The maximum Gasteiger partial charge on any atom is 0.240 e. The van der Waals surface area contributed by atoms with Crippen molar-refractivity contribution in [1.82, 2.24) is 4.98 Å². The first kappa shape index (κ1) is 18.9. The van der Waals surface area contributed by atoms with Crippen molar-refractivity contribution in [3.8, 4) is 0 Å². The minimum Gasteiger partial charge on any atom is -0.366 e. The molecule has 1 unspecified atom stereocenters. The van der Waals surface area contributed by atoms with Crippen molar-refractivity contribution in [3.63, 3.8) is 0 Å². The molecular weight excluding hydrogens is 354 g/mol. The van der Waals surface area contributed by atoms with Gasteiger partial charge in [-0.15, -0.1) is 16.4 Å². The molecule has 1 aliphatic rings. The number of aliphatic imine (C=N–C) groups is 1. The fourth-order valence-corrected chi connectivity index (χ4v) is 3.81. The molecule has 0 saturated heterocycles. The van der Waals surface area contributed by atoms with Crippen molar-refractivity contribution < 1.29 is 0 Å². The third kappa shape index (κ3) is 4.86. The highest BCUT2D eigenvalue weighted by atomic mass is 32.1. The van der Waals surface area contributed by atoms with E-state index in [1.54, 1.807) is 17.5 Å². The van der Waals surface area contributed by atoms with E-state index in [0.29, 0.717) is 6.42 Å². The quantitative estimate of drug-likeness (QED) is 0.786. The molecule has 1 atom stereocenters. The number of allylic oxidation sites excluding steroid dienone is 2. The zero-order valence-electron chi connectivity index (χ0n) is 15.6. The second kappa shape index (κ2) is 8.68. The third-order valence-electron chi connectivity index (χ3n) is 4.24. The molecule has 2 N–H and O–H groups in total. The Labute approximate surface area is 163 Å². The molecule has 27 heavy (non-hydrogen) atoms. The van der Waals surface area contributed by atoms with Crippen LogP contribution < -0.4 is 5.73 Å². The number of guanidine groups is 1. The molecule has 0 radical (unpaired) electrons. The van der Waals surface area contributed by atoms with Gasteiger partial charge in [0.2, 0.25) is 5.96 Å². The second-order valence-electron chi connectivity index (χ2n) is 6.51. The molecule has 0 aliphatic carbocycles. The van der Waals surface area contributed by atoms with Gasteiger partial charge in [0.15, 0.2) is 0 Å². The number of aromatic nitrogens is 1. The van der Waals surface area contributed by atoms with Crippen LogP contribution >= 0.6 is 11.3 Å². The van der Waals surface area contributed by atoms with Gasteiger partial charge in [0.25, 0.3) is 0 Å². The van der Waals surface area contributed by atoms with E-state index in [0.717, 1.165) is 39.6 Å². The van der Waals surface area contributed by atoms with Crippen molar-refractivity contribution in [1.29, 1.82) is 0 Å². The van der Waals surface area contributed by atoms with Crippen molar-refractivity contribution >= 4 is 40.4 Å². The molecule has 0 saturated carbocycles. The SMILES string of the molecule is C=Cc1cccnc1/C(C)=C\C(C)CC1=NN=C(N)N=C(c2cccs2)C1. The molecule has 0 aromatic carbocycles. The lowest BCUT2D eigenvalue weighted by Gasteiger charge is -2.11. The summed E-state index contributed by atoms with van der Waals surface area (Å²) < 4.78 is 0. The van der Waals surface area contributed by atoms with Crippen LogP contribution in [0, 0.1) is 5.92 Å². The predicted octanol–water partition coefficient (Wildman–Crippen LogP) is 4.78. The Balaban J connectivity index is 1.76. The van der Waals surface area contributed by atoms with E-state index in [2.05, 4.69) is 46.7 Å². The number of hydrogen-bond acceptors (Lipinski definition) is 6. The predicted molar refractivity (Wildman–Crippen MR) is 116 cm³/mol. The Hall–Kier alpha value is -2.86. The van der Waals surface area contributed by atoms with Gasteiger partial charge in [-0.25, -0.2) is 4.99 Å². The standard InChI is InChI=1S/C21H23N5S/c1-4-16-7-5-9-23-20(16)15(3)11-14(2)12-17-13-18(19-8-6-10-27-19)24-21(22)26-25-17/h4-11,14H,1,12-13H2,2-3H3,(H2,22,26)/b15-11-. The number of pyridine rings is 1. The Morgan fingerprint density at radius 2 is 2.19 bits per heavy atom. The van der Waals surface area contributed by atoms with Crippen molar-refractivity contribution in [2.75, 3.05) is 0 Å². The summed E-state index contributed by atoms with van der Waals surface area (Å²) in [7, 11) is 0. The lowest BCUT2D eigenvalue weighted by Crippen LogP contribution is -2.13. The number of nitrogens with zero attached hydrogens (tertiary/aromatic N) is 4. The smallest absolute Gasteiger partial charge is 0.240 e. The first-order chi connectivity index (χ1) is 13.1. The van der Waals surface area contributed by atoms with Crippen LogP contribution in [0.5, 0.6) is 0 Å². The van der Waals surface area contributed by atoms with E-state index in [4.69, 9.17) is 5.73 Å². The van der Waals surface area contributed by atoms with Gasteiger partial charge in [-0.3, -0.25) is 4.98 Å². The van der Waals surface area contributed by atoms with Crippen LogP contribution in [0.4, 0.5) is 0 Å². The van der Waals surface area contributed by atoms with Gasteiger partial charge < -0.3 is 5.73 Å². The topological polar surface area (TPSA) is 76.0 Å². The summed E-state index contributed by atoms with van der Waals surface area (Å²) in [4.78, 5) is 10.0. The lowest BCUT2D eigenvalue weighted by atomic mass is 9.96. The molecule has 0 bridgehead atoms. The molecule has 2 aromatic rings. The molecule has 0 spiro atoms. The van der Waals surface area contributed by atoms with Crippen LogP contribution in [0.2, 0.25) is 0 Å². The van der Waals surface area contributed by atoms with Crippen LogP contribution in [0.25, 0.3) is 11.6 Å². The molecule has 138 valence electrons. The Morgan fingerprint density at radius 3 is 2.93 bits per heavy atom. The summed E-state index contributed by atoms with van der Waals surface area (Å²) in [6.45, 7) is 8.12. The largest absolute Gasteiger partial charge is 0.366 e. The Bertz CT molecular complexity index is 935. The van der Waals surface area contributed by atoms with E-state index in [-0.39, 0.29) is 11.9 Å². The summed E-state index contributed by atoms with van der Waals surface area (Å²) in [5.41, 5.74) is 10.9. The van der Waals surface area contributed by atoms with Gasteiger partial charge in [-0.05, 0) is 47.9 Å². The summed E-state index contributed by atoms with van der Waals surface area (Å²) in [6.07, 6.45) is 7.30. The van der Waals surface area contributed by atoms with Gasteiger partial charge in [0.05, 0.1) is 11.4 Å². The average molecular weight is 378 g/mol. The summed E-state index contributed by atoms with van der Waals surface area (Å²) >= 11 is 1.65. The number of nitrogens with two attached hydrogens (primary N) is 1. The minimum absolute atomic E-state index is 0.205. The van der Waals surface area contributed by atoms with E-state index < -0.39 is 0 Å². The average Bonchev–Trinajstić information content (AvgIpc) is 3.13. The molecular formula is C21H23N5S. The number of rotatable bonds is 6. The van der Waals surface area contributed by atoms with E-state index in [1.807, 2.05) is 35.7 Å². The number of thiophene rings is 1. The summed E-state index contributed by atoms with van der Waals surface area (Å²) in [5.74, 6) is 0.486. The van der Waals surface area contributed by atoms with Crippen LogP contribution in [0.15, 0.2) is 63.7 Å². The van der Waals surface area contributed by atoms with Gasteiger partial charge in [-0.2, -0.15) is 5.10 Å². The van der Waals surface area contributed by atoms with Gasteiger partial charge in [0.1, 0.15) is 0 Å². The second-order valence-corrected chi connectivity index (χ2v) is 7.46. The highest BCUT2D eigenvalue weighted by Gasteiger charge is 2.16. The Morgan fingerprint density at radius 1 is 1.33 bits per heavy atom. The molecule has 3 rings (SSSR count). The fraction of sp³-hybridized carbons (Fsp3) is 0.238. The first-order valence-electron chi connectivity index (χ1n) is 8.83. The molecule has 6 heteroatoms. The summed E-state index contributed by atoms with van der Waals surface area (Å²) in [6, 6.07) is 8.00. The van der Waals surface area contributed by atoms with Gasteiger partial charge in [0, 0.05) is 23.2 Å². The van der Waals surface area contributed by atoms with Crippen LogP contribution in [0.3, 0.4) is 0 Å². The molecule has 0 amide bonds. The fourth-order valence-electron chi connectivity index (χ4n) is 3.10. The molecule has 3 heterocycles. The molecule has 1 aliphatic heterocycles. The van der Waals surface area contributed by atoms with Crippen LogP contribution in [-0.4, -0.2) is 22.4 Å². The lowest BCUT2D eigenvalue weighted by molar-refractivity contribution is 0.762. The number of hydrogen-bond donors (Lipinski definition) is 1. The normalized spacial score (nSPS) is 16.1. The monoisotopic (exact) mass is 377 g/mol. The van der Waals surface area contributed by atoms with Crippen molar-refractivity contribution in [3.05, 3.63) is 64.6 Å². The molecule has 2 aromatic heterocycles.